The van der Waals surface area contributed by atoms with Gasteiger partial charge in [0.2, 0.25) is 0 Å². The van der Waals surface area contributed by atoms with Crippen molar-refractivity contribution >= 4 is 23.0 Å². The van der Waals surface area contributed by atoms with Crippen LogP contribution in [-0.2, 0) is 0 Å². The smallest absolute Gasteiger partial charge is 0.0907 e. The molecule has 2 N–H and O–H groups in total. The Bertz CT molecular complexity index is 640. The molecule has 3 nitrogen and oxygen atoms in total. The van der Waals surface area contributed by atoms with Gasteiger partial charge in [0.05, 0.1) is 18.4 Å². The molecule has 20 heavy (non-hydrogen) atoms. The number of hydrogen-bond acceptors (Lipinski definition) is 3. The molecular weight excluding hydrogens is 272 g/mol. The van der Waals surface area contributed by atoms with Crippen LogP contribution in [0.5, 0.6) is 0 Å². The number of aliphatic hydroxyl groups excluding tert-OH is 1. The Balaban J connectivity index is 2.15. The molecule has 3 rings (SSSR count). The highest BCUT2D eigenvalue weighted by Crippen LogP contribution is 2.25. The van der Waals surface area contributed by atoms with Gasteiger partial charge >= 0.3 is 0 Å². The number of nitrogens with zero attached hydrogens (tertiary/aromatic N) is 1. The molecule has 2 aromatic carbocycles. The highest BCUT2D eigenvalue weighted by molar-refractivity contribution is 6.31. The van der Waals surface area contributed by atoms with Gasteiger partial charge in [-0.2, -0.15) is 0 Å². The monoisotopic (exact) mass is 286 g/mol. The van der Waals surface area contributed by atoms with Gasteiger partial charge in [-0.1, -0.05) is 41.9 Å². The Kier molecular flexibility index (Phi) is 3.72. The minimum Gasteiger partial charge on any atom is -0.389 e. The summed E-state index contributed by atoms with van der Waals surface area (Å²) in [5, 5.41) is 13.8. The SMILES string of the molecule is OC1C/N=C(/c2ccccc2)c2cc(Cl)ccc2NC1. The summed E-state index contributed by atoms with van der Waals surface area (Å²) >= 11 is 6.12. The summed E-state index contributed by atoms with van der Waals surface area (Å²) in [6.07, 6.45) is -0.488. The summed E-state index contributed by atoms with van der Waals surface area (Å²) in [7, 11) is 0. The number of nitrogens with one attached hydrogen (secondary N) is 1. The van der Waals surface area contributed by atoms with Gasteiger partial charge in [-0.3, -0.25) is 4.99 Å². The van der Waals surface area contributed by atoms with Gasteiger partial charge in [0.25, 0.3) is 0 Å². The van der Waals surface area contributed by atoms with Crippen molar-refractivity contribution in [3.8, 4) is 0 Å². The highest BCUT2D eigenvalue weighted by Gasteiger charge is 2.16. The fourth-order valence-corrected chi connectivity index (χ4v) is 2.46. The second-order valence-electron chi connectivity index (χ2n) is 4.78. The topological polar surface area (TPSA) is 44.6 Å². The zero-order valence-corrected chi connectivity index (χ0v) is 11.6. The molecule has 0 fully saturated rings. The van der Waals surface area contributed by atoms with Gasteiger partial charge < -0.3 is 10.4 Å². The number of fused-ring (bicyclic) bond motifs is 1. The lowest BCUT2D eigenvalue weighted by Gasteiger charge is -2.20. The van der Waals surface area contributed by atoms with Gasteiger partial charge in [0.1, 0.15) is 0 Å². The summed E-state index contributed by atoms with van der Waals surface area (Å²) in [6, 6.07) is 15.6. The summed E-state index contributed by atoms with van der Waals surface area (Å²) in [6.45, 7) is 0.864. The lowest BCUT2D eigenvalue weighted by Crippen LogP contribution is -2.26. The molecule has 1 atom stereocenters. The Labute approximate surface area is 122 Å². The Hall–Kier alpha value is -1.84. The van der Waals surface area contributed by atoms with Crippen molar-refractivity contribution in [2.24, 2.45) is 4.99 Å². The first kappa shape index (κ1) is 13.2. The molecule has 1 heterocycles. The summed E-state index contributed by atoms with van der Waals surface area (Å²) in [4.78, 5) is 4.58. The summed E-state index contributed by atoms with van der Waals surface area (Å²) in [5.74, 6) is 0. The first-order chi connectivity index (χ1) is 9.74. The fraction of sp³-hybridized carbons (Fsp3) is 0.188. The van der Waals surface area contributed by atoms with Gasteiger partial charge in [0, 0.05) is 28.4 Å². The molecular formula is C16H15ClN2O. The van der Waals surface area contributed by atoms with Crippen LogP contribution in [-0.4, -0.2) is 30.0 Å². The lowest BCUT2D eigenvalue weighted by atomic mass is 9.99. The number of benzene rings is 2. The van der Waals surface area contributed by atoms with Gasteiger partial charge in [0.15, 0.2) is 0 Å². The molecule has 0 aromatic heterocycles. The van der Waals surface area contributed by atoms with E-state index in [0.717, 1.165) is 22.5 Å². The second-order valence-corrected chi connectivity index (χ2v) is 5.22. The van der Waals surface area contributed by atoms with E-state index >= 15 is 0 Å². The normalized spacial score (nSPS) is 20.9. The molecule has 0 amide bonds. The minimum atomic E-state index is -0.488. The van der Waals surface area contributed by atoms with Crippen LogP contribution in [0.3, 0.4) is 0 Å². The molecule has 0 aliphatic carbocycles. The average molecular weight is 287 g/mol. The van der Waals surface area contributed by atoms with Crippen LogP contribution in [0.15, 0.2) is 53.5 Å². The van der Waals surface area contributed by atoms with Crippen molar-refractivity contribution < 1.29 is 5.11 Å². The van der Waals surface area contributed by atoms with Crippen molar-refractivity contribution in [2.75, 3.05) is 18.4 Å². The van der Waals surface area contributed by atoms with Crippen molar-refractivity contribution in [3.05, 3.63) is 64.7 Å². The molecule has 1 aliphatic rings. The van der Waals surface area contributed by atoms with E-state index in [1.165, 1.54) is 0 Å². The highest BCUT2D eigenvalue weighted by atomic mass is 35.5. The van der Waals surface area contributed by atoms with Gasteiger partial charge in [-0.15, -0.1) is 0 Å². The third kappa shape index (κ3) is 2.69. The molecule has 102 valence electrons. The van der Waals surface area contributed by atoms with E-state index in [9.17, 15) is 5.11 Å². The van der Waals surface area contributed by atoms with E-state index < -0.39 is 6.10 Å². The molecule has 1 aliphatic heterocycles. The molecule has 0 saturated carbocycles. The number of β-amino-alcohol motifs (C(OH)–C–C–N with tert-alkyl or cyclic N) is 1. The van der Waals surface area contributed by atoms with Crippen LogP contribution in [0.2, 0.25) is 5.02 Å². The van der Waals surface area contributed by atoms with Crippen LogP contribution >= 0.6 is 11.6 Å². The molecule has 0 radical (unpaired) electrons. The zero-order chi connectivity index (χ0) is 13.9. The van der Waals surface area contributed by atoms with E-state index in [1.54, 1.807) is 0 Å². The predicted octanol–water partition coefficient (Wildman–Crippen LogP) is 2.96. The Morgan fingerprint density at radius 2 is 1.95 bits per heavy atom. The van der Waals surface area contributed by atoms with Gasteiger partial charge in [-0.05, 0) is 18.2 Å². The quantitative estimate of drug-likeness (QED) is 0.846. The van der Waals surface area contributed by atoms with Crippen molar-refractivity contribution in [3.63, 3.8) is 0 Å². The molecule has 4 heteroatoms. The van der Waals surface area contributed by atoms with Crippen LogP contribution in [0.4, 0.5) is 5.69 Å². The Morgan fingerprint density at radius 1 is 1.15 bits per heavy atom. The zero-order valence-electron chi connectivity index (χ0n) is 10.9. The summed E-state index contributed by atoms with van der Waals surface area (Å²) in [5.41, 5.74) is 3.78. The maximum absolute atomic E-state index is 9.86. The number of aliphatic imine (C=N–C) groups is 1. The molecule has 0 spiro atoms. The maximum atomic E-state index is 9.86. The second kappa shape index (κ2) is 5.65. The van der Waals surface area contributed by atoms with Crippen molar-refractivity contribution in [1.82, 2.24) is 0 Å². The third-order valence-electron chi connectivity index (χ3n) is 3.27. The van der Waals surface area contributed by atoms with E-state index in [1.807, 2.05) is 48.5 Å². The van der Waals surface area contributed by atoms with Crippen LogP contribution in [0, 0.1) is 0 Å². The van der Waals surface area contributed by atoms with E-state index in [0.29, 0.717) is 18.1 Å². The molecule has 1 unspecified atom stereocenters. The van der Waals surface area contributed by atoms with Crippen LogP contribution in [0.1, 0.15) is 11.1 Å². The summed E-state index contributed by atoms with van der Waals surface area (Å²) < 4.78 is 0. The third-order valence-corrected chi connectivity index (χ3v) is 3.51. The molecule has 0 saturated heterocycles. The standard InChI is InChI=1S/C16H15ClN2O/c17-12-6-7-15-14(8-12)16(11-4-2-1-3-5-11)19-10-13(20)9-18-15/h1-8,13,18,20H,9-10H2/b19-16-. The first-order valence-electron chi connectivity index (χ1n) is 6.56. The Morgan fingerprint density at radius 3 is 2.75 bits per heavy atom. The fourth-order valence-electron chi connectivity index (χ4n) is 2.28. The first-order valence-corrected chi connectivity index (χ1v) is 6.93. The predicted molar refractivity (Wildman–Crippen MR) is 82.9 cm³/mol. The maximum Gasteiger partial charge on any atom is 0.0907 e. The van der Waals surface area contributed by atoms with Crippen LogP contribution in [0.25, 0.3) is 0 Å². The number of aliphatic hydroxyl groups is 1. The number of halogens is 1. The molecule has 0 bridgehead atoms. The van der Waals surface area contributed by atoms with Crippen molar-refractivity contribution in [2.45, 2.75) is 6.10 Å². The minimum absolute atomic E-state index is 0.378. The molecule has 2 aromatic rings. The van der Waals surface area contributed by atoms with E-state index in [2.05, 4.69) is 10.3 Å². The number of anilines is 1. The largest absolute Gasteiger partial charge is 0.389 e. The van der Waals surface area contributed by atoms with Crippen LogP contribution < -0.4 is 5.32 Å². The van der Waals surface area contributed by atoms with Crippen molar-refractivity contribution in [1.29, 1.82) is 0 Å². The number of rotatable bonds is 1. The van der Waals surface area contributed by atoms with E-state index in [4.69, 9.17) is 11.6 Å². The number of hydrogen-bond donors (Lipinski definition) is 2. The lowest BCUT2D eigenvalue weighted by molar-refractivity contribution is 0.196. The van der Waals surface area contributed by atoms with E-state index in [-0.39, 0.29) is 0 Å². The van der Waals surface area contributed by atoms with Gasteiger partial charge in [-0.25, -0.2) is 0 Å². The average Bonchev–Trinajstić information content (AvgIpc) is 2.46.